The van der Waals surface area contributed by atoms with Gasteiger partial charge in [-0.05, 0) is 23.6 Å². The Morgan fingerprint density at radius 2 is 2.05 bits per heavy atom. The van der Waals surface area contributed by atoms with Crippen LogP contribution in [-0.2, 0) is 11.3 Å². The van der Waals surface area contributed by atoms with Crippen molar-refractivity contribution in [2.45, 2.75) is 43.6 Å². The molecule has 6 N–H and O–H groups in total. The number of hydrogen-bond donors (Lipinski definition) is 5. The van der Waals surface area contributed by atoms with E-state index in [4.69, 9.17) is 5.73 Å². The molecule has 1 aromatic rings. The van der Waals surface area contributed by atoms with Gasteiger partial charge in [0, 0.05) is 12.2 Å². The van der Waals surface area contributed by atoms with Gasteiger partial charge in [0.05, 0.1) is 18.2 Å². The summed E-state index contributed by atoms with van der Waals surface area (Å²) in [5, 5.41) is 31.9. The minimum Gasteiger partial charge on any atom is -0.398 e. The molecule has 7 nitrogen and oxygen atoms in total. The topological polar surface area (TPSA) is 119 Å². The summed E-state index contributed by atoms with van der Waals surface area (Å²) in [5.41, 5.74) is 8.27. The minimum absolute atomic E-state index is 0.174. The third-order valence-corrected chi connectivity index (χ3v) is 4.37. The Morgan fingerprint density at radius 1 is 1.29 bits per heavy atom. The van der Waals surface area contributed by atoms with Crippen LogP contribution in [0.15, 0.2) is 18.2 Å². The fourth-order valence-corrected chi connectivity index (χ4v) is 3.24. The molecule has 1 fully saturated rings. The number of aliphatic hydroxyl groups is 3. The van der Waals surface area contributed by atoms with Crippen molar-refractivity contribution >= 4 is 12.0 Å². The van der Waals surface area contributed by atoms with Gasteiger partial charge in [-0.25, -0.2) is 0 Å². The number of hydrogen-bond acceptors (Lipinski definition) is 7. The van der Waals surface area contributed by atoms with Crippen molar-refractivity contribution in [1.82, 2.24) is 10.2 Å². The van der Waals surface area contributed by atoms with E-state index >= 15 is 0 Å². The number of benzene rings is 1. The molecule has 0 spiro atoms. The average Bonchev–Trinajstić information content (AvgIpc) is 2.82. The number of rotatable bonds is 2. The van der Waals surface area contributed by atoms with Gasteiger partial charge in [-0.3, -0.25) is 10.2 Å². The summed E-state index contributed by atoms with van der Waals surface area (Å²) in [6.45, 7) is 0.428. The number of nitrogens with two attached hydrogens (primary N) is 1. The van der Waals surface area contributed by atoms with E-state index in [0.29, 0.717) is 12.2 Å². The van der Waals surface area contributed by atoms with Gasteiger partial charge in [0.1, 0.15) is 18.7 Å². The maximum Gasteiger partial charge on any atom is 0.141 e. The van der Waals surface area contributed by atoms with Crippen molar-refractivity contribution in [3.05, 3.63) is 29.3 Å². The molecule has 5 unspecified atom stereocenters. The van der Waals surface area contributed by atoms with E-state index in [1.165, 1.54) is 0 Å². The molecule has 7 heteroatoms. The second-order valence-corrected chi connectivity index (χ2v) is 5.60. The van der Waals surface area contributed by atoms with E-state index in [0.717, 1.165) is 17.4 Å². The molecular formula is C14H19N3O4. The smallest absolute Gasteiger partial charge is 0.141 e. The summed E-state index contributed by atoms with van der Waals surface area (Å²) in [5.74, 6) is 0. The fourth-order valence-electron chi connectivity index (χ4n) is 3.24. The Hall–Kier alpha value is -1.51. The lowest BCUT2D eigenvalue weighted by Crippen LogP contribution is -2.61. The van der Waals surface area contributed by atoms with Crippen molar-refractivity contribution in [3.8, 4) is 0 Å². The van der Waals surface area contributed by atoms with Crippen molar-refractivity contribution < 1.29 is 20.1 Å². The first-order valence-electron chi connectivity index (χ1n) is 6.91. The summed E-state index contributed by atoms with van der Waals surface area (Å²) in [4.78, 5) is 13.3. The molecule has 0 aliphatic carbocycles. The zero-order valence-corrected chi connectivity index (χ0v) is 11.4. The third kappa shape index (κ3) is 2.33. The molecule has 0 bridgehead atoms. The number of nitrogens with zero attached hydrogens (tertiary/aromatic N) is 1. The zero-order valence-electron chi connectivity index (χ0n) is 11.4. The first-order chi connectivity index (χ1) is 10.0. The SMILES string of the molecule is Nc1cccc2c1CN(C1CC(O)C(O)NC1O)C2C=O. The van der Waals surface area contributed by atoms with Crippen LogP contribution in [0.1, 0.15) is 23.6 Å². The lowest BCUT2D eigenvalue weighted by molar-refractivity contribution is -0.129. The summed E-state index contributed by atoms with van der Waals surface area (Å²) in [7, 11) is 0. The Labute approximate surface area is 122 Å². The van der Waals surface area contributed by atoms with E-state index < -0.39 is 30.6 Å². The monoisotopic (exact) mass is 293 g/mol. The molecule has 2 aliphatic heterocycles. The molecule has 1 aromatic carbocycles. The Balaban J connectivity index is 1.90. The third-order valence-electron chi connectivity index (χ3n) is 4.37. The van der Waals surface area contributed by atoms with Crippen LogP contribution in [0.4, 0.5) is 5.69 Å². The molecule has 5 atom stereocenters. The van der Waals surface area contributed by atoms with E-state index in [1.807, 2.05) is 6.07 Å². The van der Waals surface area contributed by atoms with Gasteiger partial charge >= 0.3 is 0 Å². The van der Waals surface area contributed by atoms with Crippen molar-refractivity contribution in [1.29, 1.82) is 0 Å². The number of nitrogen functional groups attached to an aromatic ring is 1. The summed E-state index contributed by atoms with van der Waals surface area (Å²) < 4.78 is 0. The molecule has 0 saturated carbocycles. The predicted octanol–water partition coefficient (Wildman–Crippen LogP) is -1.32. The standard InChI is InChI=1S/C14H19N3O4/c15-9-3-1-2-7-8(9)5-17(11(7)6-18)10-4-12(19)14(21)16-13(10)20/h1-3,6,10-14,16,19-21H,4-5,15H2. The number of piperidine rings is 1. The van der Waals surface area contributed by atoms with Crippen LogP contribution in [0.2, 0.25) is 0 Å². The summed E-state index contributed by atoms with van der Waals surface area (Å²) >= 11 is 0. The maximum atomic E-state index is 11.5. The van der Waals surface area contributed by atoms with Crippen LogP contribution in [0, 0.1) is 0 Å². The molecule has 21 heavy (non-hydrogen) atoms. The number of carbonyl (C=O) groups excluding carboxylic acids is 1. The van der Waals surface area contributed by atoms with Crippen molar-refractivity contribution in [2.24, 2.45) is 0 Å². The molecule has 2 aliphatic rings. The largest absolute Gasteiger partial charge is 0.398 e. The van der Waals surface area contributed by atoms with Gasteiger partial charge in [-0.2, -0.15) is 0 Å². The lowest BCUT2D eigenvalue weighted by Gasteiger charge is -2.41. The Bertz CT molecular complexity index is 553. The van der Waals surface area contributed by atoms with Crippen molar-refractivity contribution in [3.63, 3.8) is 0 Å². The van der Waals surface area contributed by atoms with E-state index in [2.05, 4.69) is 5.32 Å². The number of carbonyl (C=O) groups is 1. The molecule has 2 heterocycles. The number of nitrogens with one attached hydrogen (secondary N) is 1. The van der Waals surface area contributed by atoms with Crippen LogP contribution < -0.4 is 11.1 Å². The molecule has 3 rings (SSSR count). The van der Waals surface area contributed by atoms with Crippen LogP contribution >= 0.6 is 0 Å². The van der Waals surface area contributed by atoms with E-state index in [9.17, 15) is 20.1 Å². The molecule has 1 saturated heterocycles. The van der Waals surface area contributed by atoms with E-state index in [-0.39, 0.29) is 6.42 Å². The fraction of sp³-hybridized carbons (Fsp3) is 0.500. The van der Waals surface area contributed by atoms with Crippen LogP contribution in [-0.4, -0.2) is 51.1 Å². The minimum atomic E-state index is -1.17. The lowest BCUT2D eigenvalue weighted by atomic mass is 9.98. The van der Waals surface area contributed by atoms with Gasteiger partial charge in [0.25, 0.3) is 0 Å². The molecule has 0 aromatic heterocycles. The summed E-state index contributed by atoms with van der Waals surface area (Å²) in [6, 6.07) is 4.43. The highest BCUT2D eigenvalue weighted by molar-refractivity contribution is 5.68. The van der Waals surface area contributed by atoms with Gasteiger partial charge in [-0.15, -0.1) is 0 Å². The molecular weight excluding hydrogens is 274 g/mol. The van der Waals surface area contributed by atoms with Crippen LogP contribution in [0.25, 0.3) is 0 Å². The highest BCUT2D eigenvalue weighted by Crippen LogP contribution is 2.38. The first-order valence-corrected chi connectivity index (χ1v) is 6.91. The Morgan fingerprint density at radius 3 is 2.76 bits per heavy atom. The molecule has 114 valence electrons. The van der Waals surface area contributed by atoms with Crippen LogP contribution in [0.3, 0.4) is 0 Å². The zero-order chi connectivity index (χ0) is 15.1. The first kappa shape index (κ1) is 14.4. The average molecular weight is 293 g/mol. The summed E-state index contributed by atoms with van der Waals surface area (Å²) in [6.07, 6.45) is -2.20. The Kier molecular flexibility index (Phi) is 3.68. The maximum absolute atomic E-state index is 11.5. The number of fused-ring (bicyclic) bond motifs is 1. The second kappa shape index (κ2) is 5.36. The van der Waals surface area contributed by atoms with Crippen LogP contribution in [0.5, 0.6) is 0 Å². The predicted molar refractivity (Wildman–Crippen MR) is 74.8 cm³/mol. The van der Waals surface area contributed by atoms with Gasteiger partial charge in [0.15, 0.2) is 0 Å². The van der Waals surface area contributed by atoms with E-state index in [1.54, 1.807) is 17.0 Å². The van der Waals surface area contributed by atoms with Gasteiger partial charge in [-0.1, -0.05) is 12.1 Å². The number of aliphatic hydroxyl groups excluding tert-OH is 3. The van der Waals surface area contributed by atoms with Gasteiger partial charge < -0.3 is 25.8 Å². The number of anilines is 1. The normalized spacial score (nSPS) is 36.4. The quantitative estimate of drug-likeness (QED) is 0.339. The highest BCUT2D eigenvalue weighted by atomic mass is 16.4. The highest BCUT2D eigenvalue weighted by Gasteiger charge is 2.43. The number of aldehydes is 1. The van der Waals surface area contributed by atoms with Gasteiger partial charge in [0.2, 0.25) is 0 Å². The molecule has 0 radical (unpaired) electrons. The van der Waals surface area contributed by atoms with Crippen molar-refractivity contribution in [2.75, 3.05) is 5.73 Å². The molecule has 0 amide bonds. The second-order valence-electron chi connectivity index (χ2n) is 5.60.